The van der Waals surface area contributed by atoms with Crippen LogP contribution in [0.5, 0.6) is 23.0 Å². The zero-order chi connectivity index (χ0) is 56.2. The number of carbonyl (C=O) groups is 3. The van der Waals surface area contributed by atoms with Crippen molar-refractivity contribution in [3.63, 3.8) is 0 Å². The minimum absolute atomic E-state index is 0.0282. The first-order valence-electron chi connectivity index (χ1n) is 25.4. The van der Waals surface area contributed by atoms with Crippen LogP contribution in [0.1, 0.15) is 143 Å². The quantitative estimate of drug-likeness (QED) is 0.0499. The fourth-order valence-electron chi connectivity index (χ4n) is 8.33. The van der Waals surface area contributed by atoms with Crippen LogP contribution in [0.2, 0.25) is 10.0 Å². The van der Waals surface area contributed by atoms with E-state index >= 15 is 0 Å². The first kappa shape index (κ1) is 58.2. The van der Waals surface area contributed by atoms with E-state index in [1.165, 1.54) is 45.4 Å². The molecule has 0 radical (unpaired) electrons. The summed E-state index contributed by atoms with van der Waals surface area (Å²) >= 11 is 12.0. The van der Waals surface area contributed by atoms with Crippen LogP contribution >= 0.6 is 23.2 Å². The third kappa shape index (κ3) is 15.2. The third-order valence-electron chi connectivity index (χ3n) is 13.4. The number of aromatic nitrogens is 2. The van der Waals surface area contributed by atoms with Crippen LogP contribution in [0, 0.1) is 11.6 Å². The number of aliphatic hydroxyl groups is 2. The summed E-state index contributed by atoms with van der Waals surface area (Å²) in [6.07, 6.45) is 4.78. The molecule has 13 nitrogen and oxygen atoms in total. The number of rotatable bonds is 21. The van der Waals surface area contributed by atoms with E-state index in [9.17, 15) is 33.4 Å². The van der Waals surface area contributed by atoms with E-state index in [4.69, 9.17) is 47.9 Å². The molecular weight excluding hydrogens is 1030 g/mol. The lowest BCUT2D eigenvalue weighted by Crippen LogP contribution is -2.40. The fourth-order valence-corrected chi connectivity index (χ4v) is 8.69. The molecule has 5 N–H and O–H groups in total. The van der Waals surface area contributed by atoms with Crippen LogP contribution in [0.3, 0.4) is 0 Å². The number of ether oxygens (including phenoxy) is 4. The van der Waals surface area contributed by atoms with Gasteiger partial charge in [-0.2, -0.15) is 0 Å². The Balaban J connectivity index is 0.000000224. The van der Waals surface area contributed by atoms with Crippen molar-refractivity contribution in [2.45, 2.75) is 134 Å². The lowest BCUT2D eigenvalue weighted by molar-refractivity contribution is -0.120. The van der Waals surface area contributed by atoms with Crippen LogP contribution < -0.4 is 30.0 Å². The molecule has 0 aliphatic heterocycles. The van der Waals surface area contributed by atoms with E-state index in [2.05, 4.69) is 15.3 Å². The van der Waals surface area contributed by atoms with Crippen molar-refractivity contribution in [3.05, 3.63) is 152 Å². The standard InChI is InChI=1S/C31H34ClFN2O5.C29H32ClFN2O4/c1-18(36)35-30(2,3)21-16-25(19-6-10-24(33)23(32)14-19)34-29(17-21)31(4,38)13-12-26(37)20-7-11-27(28(15-20)39-5)40-22-8-9-22;1-28(2,32)19-15-23(17-5-9-22(31)21(30)13-17)33-27(16-19)29(3,35)12-11-24(34)18-6-10-25(26(14-18)36-4)37-20-7-8-20/h6-7,10-11,14-17,22,38H,8-9,12-13H2,1-5H3,(H,35,36);5-6,9-10,13-16,20,35H,7-8,11-12,32H2,1-4H3. The number of nitrogens with two attached hydrogens (primary N) is 1. The van der Waals surface area contributed by atoms with Crippen molar-refractivity contribution < 1.29 is 52.3 Å². The van der Waals surface area contributed by atoms with Gasteiger partial charge in [-0.25, -0.2) is 18.7 Å². The number of ketones is 2. The second-order valence-corrected chi connectivity index (χ2v) is 22.1. The molecule has 0 spiro atoms. The number of nitrogens with zero attached hydrogens (tertiary/aromatic N) is 2. The maximum atomic E-state index is 13.9. The van der Waals surface area contributed by atoms with Crippen molar-refractivity contribution in [2.24, 2.45) is 5.73 Å². The predicted octanol–water partition coefficient (Wildman–Crippen LogP) is 12.5. The molecule has 2 fully saturated rings. The predicted molar refractivity (Wildman–Crippen MR) is 293 cm³/mol. The number of pyridine rings is 2. The Hall–Kier alpha value is -6.49. The Bertz CT molecular complexity index is 3170. The highest BCUT2D eigenvalue weighted by molar-refractivity contribution is 6.31. The van der Waals surface area contributed by atoms with Crippen molar-refractivity contribution in [2.75, 3.05) is 14.2 Å². The van der Waals surface area contributed by atoms with Crippen LogP contribution in [0.4, 0.5) is 8.78 Å². The number of halogens is 4. The van der Waals surface area contributed by atoms with E-state index in [0.717, 1.165) is 31.2 Å². The Kier molecular flexibility index (Phi) is 17.9. The average Bonchev–Trinajstić information content (AvgIpc) is 4.35. The number of benzene rings is 4. The lowest BCUT2D eigenvalue weighted by Gasteiger charge is -2.30. The fraction of sp³-hybridized carbons (Fsp3) is 0.383. The number of hydrogen-bond acceptors (Lipinski definition) is 12. The number of carbonyl (C=O) groups excluding carboxylic acids is 3. The van der Waals surface area contributed by atoms with Gasteiger partial charge in [0, 0.05) is 47.6 Å². The van der Waals surface area contributed by atoms with Gasteiger partial charge in [0.15, 0.2) is 34.6 Å². The molecule has 2 atom stereocenters. The molecule has 77 heavy (non-hydrogen) atoms. The maximum absolute atomic E-state index is 13.9. The smallest absolute Gasteiger partial charge is 0.217 e. The van der Waals surface area contributed by atoms with Crippen LogP contribution in [-0.4, -0.2) is 64.1 Å². The van der Waals surface area contributed by atoms with Gasteiger partial charge >= 0.3 is 0 Å². The van der Waals surface area contributed by atoms with Gasteiger partial charge < -0.3 is 40.2 Å². The largest absolute Gasteiger partial charge is 0.493 e. The van der Waals surface area contributed by atoms with Crippen molar-refractivity contribution in [1.29, 1.82) is 0 Å². The van der Waals surface area contributed by atoms with Gasteiger partial charge in [0.2, 0.25) is 5.91 Å². The van der Waals surface area contributed by atoms with Crippen LogP contribution in [0.25, 0.3) is 22.5 Å². The monoisotopic (exact) mass is 1090 g/mol. The van der Waals surface area contributed by atoms with Gasteiger partial charge in [0.05, 0.1) is 64.8 Å². The summed E-state index contributed by atoms with van der Waals surface area (Å²) in [5, 5.41) is 25.8. The van der Waals surface area contributed by atoms with Gasteiger partial charge in [0.1, 0.15) is 22.8 Å². The highest BCUT2D eigenvalue weighted by atomic mass is 35.5. The summed E-state index contributed by atoms with van der Waals surface area (Å²) in [7, 11) is 3.07. The summed E-state index contributed by atoms with van der Waals surface area (Å²) < 4.78 is 50.1. The maximum Gasteiger partial charge on any atom is 0.217 e. The zero-order valence-corrected chi connectivity index (χ0v) is 46.3. The number of amides is 1. The van der Waals surface area contributed by atoms with Crippen molar-refractivity contribution in [1.82, 2.24) is 15.3 Å². The van der Waals surface area contributed by atoms with Gasteiger partial charge in [-0.3, -0.25) is 14.4 Å². The van der Waals surface area contributed by atoms with Gasteiger partial charge in [0.25, 0.3) is 0 Å². The molecule has 0 saturated heterocycles. The Morgan fingerprint density at radius 1 is 0.610 bits per heavy atom. The van der Waals surface area contributed by atoms with Crippen molar-refractivity contribution >= 4 is 40.7 Å². The lowest BCUT2D eigenvalue weighted by atomic mass is 9.87. The van der Waals surface area contributed by atoms with E-state index in [-0.39, 0.29) is 65.4 Å². The van der Waals surface area contributed by atoms with Crippen LogP contribution in [-0.2, 0) is 27.1 Å². The van der Waals surface area contributed by atoms with Gasteiger partial charge in [-0.1, -0.05) is 23.2 Å². The van der Waals surface area contributed by atoms with E-state index in [1.54, 1.807) is 86.6 Å². The summed E-state index contributed by atoms with van der Waals surface area (Å²) in [6.45, 7) is 12.0. The molecule has 1 amide bonds. The Morgan fingerprint density at radius 2 is 1.01 bits per heavy atom. The van der Waals surface area contributed by atoms with Crippen LogP contribution in [0.15, 0.2) is 97.1 Å². The van der Waals surface area contributed by atoms with Crippen molar-refractivity contribution in [3.8, 4) is 45.5 Å². The summed E-state index contributed by atoms with van der Waals surface area (Å²) in [5.41, 5.74) is 6.94. The molecule has 408 valence electrons. The molecule has 8 rings (SSSR count). The molecule has 2 aromatic heterocycles. The number of methoxy groups -OCH3 is 2. The molecule has 0 bridgehead atoms. The molecule has 2 heterocycles. The molecule has 2 saturated carbocycles. The molecular formula is C60H66Cl2F2N4O9. The zero-order valence-electron chi connectivity index (χ0n) is 44.8. The van der Waals surface area contributed by atoms with E-state index in [0.29, 0.717) is 73.6 Å². The topological polar surface area (TPSA) is 192 Å². The molecule has 6 aromatic rings. The summed E-state index contributed by atoms with van der Waals surface area (Å²) in [5.74, 6) is 0.584. The van der Waals surface area contributed by atoms with Gasteiger partial charge in [-0.05, 0) is 188 Å². The normalized spacial score (nSPS) is 15.0. The summed E-state index contributed by atoms with van der Waals surface area (Å²) in [6, 6.07) is 25.8. The second kappa shape index (κ2) is 23.6. The highest BCUT2D eigenvalue weighted by Gasteiger charge is 2.33. The minimum atomic E-state index is -1.50. The summed E-state index contributed by atoms with van der Waals surface area (Å²) in [4.78, 5) is 47.4. The third-order valence-corrected chi connectivity index (χ3v) is 14.0. The number of hydrogen-bond donors (Lipinski definition) is 4. The first-order chi connectivity index (χ1) is 36.2. The first-order valence-corrected chi connectivity index (χ1v) is 26.2. The molecule has 2 unspecified atom stereocenters. The highest BCUT2D eigenvalue weighted by Crippen LogP contribution is 2.39. The SMILES string of the molecule is COc1cc(C(=O)CCC(C)(O)c2cc(C(C)(C)N)cc(-c3ccc(F)c(Cl)c3)n2)ccc1OC1CC1.COc1cc(C(=O)CCC(C)(O)c2cc(C(C)(C)NC(C)=O)cc(-c3ccc(F)c(Cl)c3)n2)ccc1OC1CC1. The average molecular weight is 1100 g/mol. The number of nitrogens with one attached hydrogen (secondary N) is 1. The minimum Gasteiger partial charge on any atom is -0.493 e. The molecule has 2 aliphatic carbocycles. The second-order valence-electron chi connectivity index (χ2n) is 21.3. The Labute approximate surface area is 458 Å². The van der Waals surface area contributed by atoms with E-state index in [1.807, 2.05) is 27.7 Å². The molecule has 4 aromatic carbocycles. The Morgan fingerprint density at radius 3 is 1.38 bits per heavy atom. The number of Topliss-reactive ketones (excluding diaryl/α,β-unsaturated/α-hetero) is 2. The molecule has 17 heteroatoms. The van der Waals surface area contributed by atoms with E-state index < -0.39 is 33.9 Å². The molecule has 2 aliphatic rings. The van der Waals surface area contributed by atoms with Gasteiger partial charge in [-0.15, -0.1) is 0 Å².